The number of imidazole rings is 1. The summed E-state index contributed by atoms with van der Waals surface area (Å²) in [7, 11) is 1.33. The van der Waals surface area contributed by atoms with E-state index in [4.69, 9.17) is 4.74 Å². The normalized spacial score (nSPS) is 20.1. The van der Waals surface area contributed by atoms with Gasteiger partial charge in [-0.25, -0.2) is 4.98 Å². The van der Waals surface area contributed by atoms with Crippen LogP contribution in [0.25, 0.3) is 0 Å². The molecule has 0 amide bonds. The van der Waals surface area contributed by atoms with Crippen LogP contribution in [0.15, 0.2) is 12.5 Å². The molecule has 2 aromatic heterocycles. The van der Waals surface area contributed by atoms with E-state index in [1.165, 1.54) is 13.3 Å². The monoisotopic (exact) mass is 318 g/mol. The second kappa shape index (κ2) is 5.98. The van der Waals surface area contributed by atoms with Crippen molar-refractivity contribution >= 4 is 5.97 Å². The quantitative estimate of drug-likeness (QED) is 0.592. The van der Waals surface area contributed by atoms with Crippen LogP contribution < -0.4 is 5.32 Å². The Morgan fingerprint density at radius 3 is 2.96 bits per heavy atom. The summed E-state index contributed by atoms with van der Waals surface area (Å²) >= 11 is 0. The van der Waals surface area contributed by atoms with Gasteiger partial charge in [0, 0.05) is 29.4 Å². The van der Waals surface area contributed by atoms with Gasteiger partial charge in [0.25, 0.3) is 0 Å². The number of hydrogen-bond acceptors (Lipinski definition) is 7. The predicted molar refractivity (Wildman–Crippen MR) is 79.6 cm³/mol. The van der Waals surface area contributed by atoms with E-state index in [2.05, 4.69) is 20.3 Å². The van der Waals surface area contributed by atoms with Gasteiger partial charge in [-0.15, -0.1) is 0 Å². The minimum atomic E-state index is -0.572. The Kier molecular flexibility index (Phi) is 4.01. The molecule has 0 radical (unpaired) electrons. The van der Waals surface area contributed by atoms with Crippen molar-refractivity contribution in [1.82, 2.24) is 20.3 Å². The first-order valence-electron chi connectivity index (χ1n) is 7.21. The molecule has 0 aliphatic carbocycles. The van der Waals surface area contributed by atoms with Crippen LogP contribution in [0.3, 0.4) is 0 Å². The average Bonchev–Trinajstić information content (AvgIpc) is 3.04. The molecule has 0 fully saturated rings. The molecule has 1 aliphatic rings. The van der Waals surface area contributed by atoms with Crippen molar-refractivity contribution in [3.63, 3.8) is 0 Å². The Labute approximate surface area is 132 Å². The maximum absolute atomic E-state index is 11.9. The lowest BCUT2D eigenvalue weighted by Gasteiger charge is -2.30. The van der Waals surface area contributed by atoms with Crippen LogP contribution in [0.2, 0.25) is 0 Å². The van der Waals surface area contributed by atoms with E-state index in [0.29, 0.717) is 28.9 Å². The SMILES string of the molecule is COC(=O)[C@@H]1Cc2[nH]cnc2[C@@H](c2c(CO)cnc(C)c2O)N1. The van der Waals surface area contributed by atoms with Crippen LogP contribution in [0, 0.1) is 6.92 Å². The summed E-state index contributed by atoms with van der Waals surface area (Å²) in [6.07, 6.45) is 3.47. The highest BCUT2D eigenvalue weighted by molar-refractivity contribution is 5.76. The van der Waals surface area contributed by atoms with E-state index in [1.54, 1.807) is 13.3 Å². The summed E-state index contributed by atoms with van der Waals surface area (Å²) < 4.78 is 4.82. The molecule has 0 spiro atoms. The number of aromatic nitrogens is 3. The third-order valence-corrected chi connectivity index (χ3v) is 4.10. The Bertz CT molecular complexity index is 743. The number of carbonyl (C=O) groups is 1. The first-order chi connectivity index (χ1) is 11.1. The summed E-state index contributed by atoms with van der Waals surface area (Å²) in [5, 5.41) is 23.2. The van der Waals surface area contributed by atoms with Crippen molar-refractivity contribution in [1.29, 1.82) is 0 Å². The molecule has 0 unspecified atom stereocenters. The molecule has 0 aromatic carbocycles. The fourth-order valence-electron chi connectivity index (χ4n) is 2.90. The Balaban J connectivity index is 2.12. The molecule has 2 atom stereocenters. The maximum Gasteiger partial charge on any atom is 0.323 e. The lowest BCUT2D eigenvalue weighted by molar-refractivity contribution is -0.143. The van der Waals surface area contributed by atoms with Gasteiger partial charge < -0.3 is 19.9 Å². The number of hydrogen-bond donors (Lipinski definition) is 4. The minimum Gasteiger partial charge on any atom is -0.506 e. The highest BCUT2D eigenvalue weighted by atomic mass is 16.5. The van der Waals surface area contributed by atoms with Crippen LogP contribution in [-0.4, -0.2) is 44.3 Å². The number of rotatable bonds is 3. The van der Waals surface area contributed by atoms with Gasteiger partial charge in [0.1, 0.15) is 11.8 Å². The lowest BCUT2D eigenvalue weighted by Crippen LogP contribution is -2.46. The van der Waals surface area contributed by atoms with Gasteiger partial charge in [0.2, 0.25) is 0 Å². The zero-order chi connectivity index (χ0) is 16.6. The van der Waals surface area contributed by atoms with E-state index in [-0.39, 0.29) is 12.4 Å². The first kappa shape index (κ1) is 15.4. The highest BCUT2D eigenvalue weighted by Gasteiger charge is 2.36. The van der Waals surface area contributed by atoms with Crippen LogP contribution >= 0.6 is 0 Å². The van der Waals surface area contributed by atoms with Crippen LogP contribution in [0.1, 0.15) is 34.3 Å². The highest BCUT2D eigenvalue weighted by Crippen LogP contribution is 2.36. The summed E-state index contributed by atoms with van der Waals surface area (Å²) in [4.78, 5) is 23.3. The summed E-state index contributed by atoms with van der Waals surface area (Å²) in [5.41, 5.74) is 2.87. The molecule has 0 saturated heterocycles. The van der Waals surface area contributed by atoms with Crippen LogP contribution in [-0.2, 0) is 22.6 Å². The number of nitrogens with zero attached hydrogens (tertiary/aromatic N) is 2. The second-order valence-corrected chi connectivity index (χ2v) is 5.44. The number of carbonyl (C=O) groups excluding carboxylic acids is 1. The minimum absolute atomic E-state index is 0.0199. The smallest absolute Gasteiger partial charge is 0.323 e. The summed E-state index contributed by atoms with van der Waals surface area (Å²) in [6.45, 7) is 1.39. The third-order valence-electron chi connectivity index (χ3n) is 4.10. The average molecular weight is 318 g/mol. The van der Waals surface area contributed by atoms with Crippen molar-refractivity contribution in [3.8, 4) is 5.75 Å². The molecule has 4 N–H and O–H groups in total. The van der Waals surface area contributed by atoms with Crippen LogP contribution in [0.4, 0.5) is 0 Å². The number of aromatic hydroxyl groups is 1. The Morgan fingerprint density at radius 2 is 2.26 bits per heavy atom. The molecule has 8 nitrogen and oxygen atoms in total. The number of nitrogens with one attached hydrogen (secondary N) is 2. The van der Waals surface area contributed by atoms with Gasteiger partial charge in [-0.1, -0.05) is 0 Å². The Morgan fingerprint density at radius 1 is 1.48 bits per heavy atom. The predicted octanol–water partition coefficient (Wildman–Crippen LogP) is 0.0877. The molecule has 3 rings (SSSR count). The zero-order valence-electron chi connectivity index (χ0n) is 12.8. The van der Waals surface area contributed by atoms with Crippen molar-refractivity contribution < 1.29 is 19.7 Å². The molecule has 8 heteroatoms. The van der Waals surface area contributed by atoms with E-state index in [9.17, 15) is 15.0 Å². The van der Waals surface area contributed by atoms with Crippen molar-refractivity contribution in [2.45, 2.75) is 32.0 Å². The number of pyridine rings is 1. The number of aliphatic hydroxyl groups is 1. The number of aliphatic hydroxyl groups excluding tert-OH is 1. The molecular weight excluding hydrogens is 300 g/mol. The lowest BCUT2D eigenvalue weighted by atomic mass is 9.91. The third kappa shape index (κ3) is 2.55. The number of methoxy groups -OCH3 is 1. The largest absolute Gasteiger partial charge is 0.506 e. The van der Waals surface area contributed by atoms with Gasteiger partial charge >= 0.3 is 5.97 Å². The van der Waals surface area contributed by atoms with Crippen molar-refractivity contribution in [3.05, 3.63) is 40.7 Å². The van der Waals surface area contributed by atoms with Crippen molar-refractivity contribution in [2.24, 2.45) is 0 Å². The first-order valence-corrected chi connectivity index (χ1v) is 7.21. The van der Waals surface area contributed by atoms with E-state index in [1.807, 2.05) is 0 Å². The molecule has 0 bridgehead atoms. The van der Waals surface area contributed by atoms with Gasteiger partial charge in [0.15, 0.2) is 0 Å². The number of H-pyrrole nitrogens is 1. The molecular formula is C15H18N4O4. The zero-order valence-corrected chi connectivity index (χ0v) is 12.8. The summed E-state index contributed by atoms with van der Waals surface area (Å²) in [6, 6.07) is -1.12. The number of aryl methyl sites for hydroxylation is 1. The second-order valence-electron chi connectivity index (χ2n) is 5.44. The number of ether oxygens (including phenoxy) is 1. The fourth-order valence-corrected chi connectivity index (χ4v) is 2.90. The molecule has 23 heavy (non-hydrogen) atoms. The number of aromatic amines is 1. The Hall–Kier alpha value is -2.45. The van der Waals surface area contributed by atoms with Gasteiger partial charge in [-0.05, 0) is 6.92 Å². The van der Waals surface area contributed by atoms with Gasteiger partial charge in [-0.2, -0.15) is 0 Å². The van der Waals surface area contributed by atoms with Crippen LogP contribution in [0.5, 0.6) is 5.75 Å². The standard InChI is InChI=1S/C15H18N4O4/c1-7-14(21)11(8(5-20)4-16-7)13-12-9(17-6-18-12)3-10(19-13)15(22)23-2/h4,6,10,13,19-21H,3,5H2,1-2H3,(H,17,18)/t10-,13+/m0/s1. The number of fused-ring (bicyclic) bond motifs is 1. The van der Waals surface area contributed by atoms with E-state index in [0.717, 1.165) is 5.69 Å². The molecule has 1 aliphatic heterocycles. The van der Waals surface area contributed by atoms with E-state index < -0.39 is 18.1 Å². The van der Waals surface area contributed by atoms with E-state index >= 15 is 0 Å². The maximum atomic E-state index is 11.9. The topological polar surface area (TPSA) is 120 Å². The molecule has 122 valence electrons. The molecule has 3 heterocycles. The fraction of sp³-hybridized carbons (Fsp3) is 0.400. The summed E-state index contributed by atoms with van der Waals surface area (Å²) in [5.74, 6) is -0.417. The van der Waals surface area contributed by atoms with Gasteiger partial charge in [-0.3, -0.25) is 15.1 Å². The van der Waals surface area contributed by atoms with Crippen molar-refractivity contribution in [2.75, 3.05) is 7.11 Å². The molecule has 0 saturated carbocycles. The molecule has 2 aromatic rings. The number of esters is 1. The van der Waals surface area contributed by atoms with Gasteiger partial charge in [0.05, 0.1) is 37.5 Å².